The molecule has 1 fully saturated rings. The molecular formula is C20H19F3N6O3. The molecule has 0 aliphatic carbocycles. The van der Waals surface area contributed by atoms with Crippen LogP contribution in [0.2, 0.25) is 0 Å². The number of cyclic esters (lactones) is 1. The van der Waals surface area contributed by atoms with E-state index in [2.05, 4.69) is 20.4 Å². The van der Waals surface area contributed by atoms with E-state index in [1.807, 2.05) is 6.92 Å². The number of aliphatic hydroxyl groups excluding tert-OH is 1. The number of aromatic nitrogens is 5. The zero-order valence-corrected chi connectivity index (χ0v) is 16.9. The average Bonchev–Trinajstić information content (AvgIpc) is 3.40. The summed E-state index contributed by atoms with van der Waals surface area (Å²) in [7, 11) is 0. The predicted octanol–water partition coefficient (Wildman–Crippen LogP) is 2.90. The molecule has 32 heavy (non-hydrogen) atoms. The first-order valence-corrected chi connectivity index (χ1v) is 9.86. The highest BCUT2D eigenvalue weighted by atomic mass is 19.3. The van der Waals surface area contributed by atoms with E-state index in [1.165, 1.54) is 23.1 Å². The molecule has 0 radical (unpaired) electrons. The number of hydrogen-bond acceptors (Lipinski definition) is 7. The highest BCUT2D eigenvalue weighted by Crippen LogP contribution is 2.30. The monoisotopic (exact) mass is 448 g/mol. The fourth-order valence-corrected chi connectivity index (χ4v) is 3.27. The Morgan fingerprint density at radius 2 is 2.09 bits per heavy atom. The van der Waals surface area contributed by atoms with Crippen LogP contribution in [0.5, 0.6) is 0 Å². The van der Waals surface area contributed by atoms with Crippen LogP contribution >= 0.6 is 0 Å². The molecule has 12 heteroatoms. The molecule has 2 aromatic heterocycles. The lowest BCUT2D eigenvalue weighted by molar-refractivity contribution is -0.0641. The standard InChI is InChI=1S/C20H19F3N6O3/c1-2-7-29-26-19(25-27-29)15-6-3-11(9-24-15)13-5-4-12(8-14(13)21)28-10-16(32-20(28)31)17(30)18(22)23/h3-6,8-9,16-18,30H,2,7,10H2,1H3/t16-,17-/m1/s1. The summed E-state index contributed by atoms with van der Waals surface area (Å²) in [5.74, 6) is -0.288. The number of benzene rings is 1. The van der Waals surface area contributed by atoms with E-state index in [0.29, 0.717) is 23.6 Å². The number of ether oxygens (including phenoxy) is 1. The van der Waals surface area contributed by atoms with Crippen LogP contribution in [-0.4, -0.2) is 61.6 Å². The third-order valence-corrected chi connectivity index (χ3v) is 4.92. The summed E-state index contributed by atoms with van der Waals surface area (Å²) in [4.78, 5) is 18.7. The van der Waals surface area contributed by atoms with Crippen LogP contribution in [0, 0.1) is 5.82 Å². The highest BCUT2D eigenvalue weighted by Gasteiger charge is 2.40. The number of halogens is 3. The van der Waals surface area contributed by atoms with E-state index in [0.717, 1.165) is 17.4 Å². The van der Waals surface area contributed by atoms with Gasteiger partial charge in [-0.15, -0.1) is 10.2 Å². The van der Waals surface area contributed by atoms with Gasteiger partial charge in [-0.1, -0.05) is 13.0 Å². The van der Waals surface area contributed by atoms with E-state index >= 15 is 0 Å². The number of anilines is 1. The van der Waals surface area contributed by atoms with Crippen molar-refractivity contribution >= 4 is 11.8 Å². The molecule has 1 N–H and O–H groups in total. The summed E-state index contributed by atoms with van der Waals surface area (Å²) in [6, 6.07) is 7.30. The fourth-order valence-electron chi connectivity index (χ4n) is 3.27. The number of alkyl halides is 2. The van der Waals surface area contributed by atoms with E-state index in [4.69, 9.17) is 4.74 Å². The molecule has 2 atom stereocenters. The second kappa shape index (κ2) is 8.91. The summed E-state index contributed by atoms with van der Waals surface area (Å²) in [5, 5.41) is 21.5. The van der Waals surface area contributed by atoms with Gasteiger partial charge in [0, 0.05) is 17.3 Å². The molecule has 9 nitrogen and oxygen atoms in total. The molecule has 168 valence electrons. The van der Waals surface area contributed by atoms with Crippen LogP contribution in [0.1, 0.15) is 13.3 Å². The maximum absolute atomic E-state index is 14.8. The second-order valence-corrected chi connectivity index (χ2v) is 7.16. The number of pyridine rings is 1. The van der Waals surface area contributed by atoms with Crippen molar-refractivity contribution in [2.45, 2.75) is 38.5 Å². The molecule has 1 aromatic carbocycles. The van der Waals surface area contributed by atoms with Crippen LogP contribution in [-0.2, 0) is 11.3 Å². The van der Waals surface area contributed by atoms with Crippen molar-refractivity contribution in [2.75, 3.05) is 11.4 Å². The van der Waals surface area contributed by atoms with Gasteiger partial charge in [0.25, 0.3) is 6.43 Å². The molecule has 4 rings (SSSR count). The molecular weight excluding hydrogens is 429 g/mol. The largest absolute Gasteiger partial charge is 0.441 e. The number of aryl methyl sites for hydroxylation is 1. The number of aliphatic hydroxyl groups is 1. The summed E-state index contributed by atoms with van der Waals surface area (Å²) >= 11 is 0. The summed E-state index contributed by atoms with van der Waals surface area (Å²) in [6.45, 7) is 2.31. The average molecular weight is 448 g/mol. The number of carbonyl (C=O) groups excluding carboxylic acids is 1. The van der Waals surface area contributed by atoms with Gasteiger partial charge in [0.05, 0.1) is 18.8 Å². The van der Waals surface area contributed by atoms with Gasteiger partial charge in [-0.25, -0.2) is 18.0 Å². The van der Waals surface area contributed by atoms with Gasteiger partial charge in [0.15, 0.2) is 12.2 Å². The minimum Gasteiger partial charge on any atom is -0.441 e. The minimum atomic E-state index is -3.06. The Bertz CT molecular complexity index is 1110. The zero-order chi connectivity index (χ0) is 22.8. The van der Waals surface area contributed by atoms with Gasteiger partial charge >= 0.3 is 6.09 Å². The Morgan fingerprint density at radius 3 is 2.75 bits per heavy atom. The molecule has 0 bridgehead atoms. The van der Waals surface area contributed by atoms with Gasteiger partial charge in [-0.2, -0.15) is 4.80 Å². The van der Waals surface area contributed by atoms with Gasteiger partial charge in [-0.3, -0.25) is 9.88 Å². The molecule has 1 aliphatic heterocycles. The number of rotatable bonds is 7. The number of amides is 1. The molecule has 1 amide bonds. The lowest BCUT2D eigenvalue weighted by atomic mass is 10.1. The third-order valence-electron chi connectivity index (χ3n) is 4.92. The van der Waals surface area contributed by atoms with Gasteiger partial charge < -0.3 is 9.84 Å². The van der Waals surface area contributed by atoms with Crippen LogP contribution < -0.4 is 4.90 Å². The van der Waals surface area contributed by atoms with Gasteiger partial charge in [-0.05, 0) is 35.9 Å². The molecule has 1 saturated heterocycles. The number of carbonyl (C=O) groups is 1. The molecule has 1 aliphatic rings. The van der Waals surface area contributed by atoms with E-state index in [9.17, 15) is 23.1 Å². The van der Waals surface area contributed by atoms with Crippen molar-refractivity contribution in [2.24, 2.45) is 0 Å². The fraction of sp³-hybridized carbons (Fsp3) is 0.350. The molecule has 0 saturated carbocycles. The molecule has 0 unspecified atom stereocenters. The Hall–Kier alpha value is -3.54. The SMILES string of the molecule is CCCn1nnc(-c2ccc(-c3ccc(N4C[C@H]([C@@H](O)C(F)F)OC4=O)cc3F)cn2)n1. The van der Waals surface area contributed by atoms with Crippen molar-refractivity contribution in [3.05, 3.63) is 42.3 Å². The third kappa shape index (κ3) is 4.26. The summed E-state index contributed by atoms with van der Waals surface area (Å²) < 4.78 is 44.9. The number of hydrogen-bond donors (Lipinski definition) is 1. The summed E-state index contributed by atoms with van der Waals surface area (Å²) in [5.41, 5.74) is 1.32. The first-order valence-electron chi connectivity index (χ1n) is 9.86. The Balaban J connectivity index is 1.51. The van der Waals surface area contributed by atoms with Crippen molar-refractivity contribution in [3.63, 3.8) is 0 Å². The van der Waals surface area contributed by atoms with Crippen molar-refractivity contribution in [1.82, 2.24) is 25.2 Å². The molecule has 0 spiro atoms. The van der Waals surface area contributed by atoms with Gasteiger partial charge in [0.1, 0.15) is 11.5 Å². The van der Waals surface area contributed by atoms with Crippen LogP contribution in [0.15, 0.2) is 36.5 Å². The quantitative estimate of drug-likeness (QED) is 0.592. The lowest BCUT2D eigenvalue weighted by Crippen LogP contribution is -2.36. The van der Waals surface area contributed by atoms with Crippen molar-refractivity contribution in [1.29, 1.82) is 0 Å². The van der Waals surface area contributed by atoms with Crippen LogP contribution in [0.25, 0.3) is 22.6 Å². The Labute approximate surface area is 180 Å². The lowest BCUT2D eigenvalue weighted by Gasteiger charge is -2.16. The van der Waals surface area contributed by atoms with Crippen LogP contribution in [0.4, 0.5) is 23.7 Å². The summed E-state index contributed by atoms with van der Waals surface area (Å²) in [6.07, 6.45) is -5.18. The smallest absolute Gasteiger partial charge is 0.414 e. The first kappa shape index (κ1) is 21.7. The highest BCUT2D eigenvalue weighted by molar-refractivity contribution is 5.90. The minimum absolute atomic E-state index is 0.126. The maximum atomic E-state index is 14.8. The maximum Gasteiger partial charge on any atom is 0.414 e. The van der Waals surface area contributed by atoms with E-state index in [-0.39, 0.29) is 17.8 Å². The second-order valence-electron chi connectivity index (χ2n) is 7.16. The molecule has 3 aromatic rings. The van der Waals surface area contributed by atoms with Crippen LogP contribution in [0.3, 0.4) is 0 Å². The van der Waals surface area contributed by atoms with Crippen molar-refractivity contribution in [3.8, 4) is 22.6 Å². The van der Waals surface area contributed by atoms with E-state index < -0.39 is 30.5 Å². The Kier molecular flexibility index (Phi) is 6.04. The Morgan fingerprint density at radius 1 is 1.28 bits per heavy atom. The first-order chi connectivity index (χ1) is 15.4. The predicted molar refractivity (Wildman–Crippen MR) is 106 cm³/mol. The zero-order valence-electron chi connectivity index (χ0n) is 16.9. The van der Waals surface area contributed by atoms with Crippen molar-refractivity contribution < 1.29 is 27.8 Å². The number of tetrazole rings is 1. The number of nitrogens with zero attached hydrogens (tertiary/aromatic N) is 6. The normalized spacial score (nSPS) is 17.1. The topological polar surface area (TPSA) is 106 Å². The van der Waals surface area contributed by atoms with Gasteiger partial charge in [0.2, 0.25) is 5.82 Å². The molecule has 3 heterocycles. The van der Waals surface area contributed by atoms with E-state index in [1.54, 1.807) is 12.1 Å².